The van der Waals surface area contributed by atoms with Gasteiger partial charge in [-0.1, -0.05) is 54.4 Å². The number of halogens is 2. The first-order chi connectivity index (χ1) is 9.85. The maximum Gasteiger partial charge on any atom is 0.0462 e. The van der Waals surface area contributed by atoms with Gasteiger partial charge in [-0.3, -0.25) is 4.90 Å². The van der Waals surface area contributed by atoms with Gasteiger partial charge in [-0.15, -0.1) is 0 Å². The minimum atomic E-state index is 0.196. The number of hydrogen-bond acceptors (Lipinski definition) is 2. The molecule has 1 heterocycles. The van der Waals surface area contributed by atoms with Crippen LogP contribution in [-0.2, 0) is 6.54 Å². The largest absolute Gasteiger partial charge is 0.311 e. The highest BCUT2D eigenvalue weighted by Crippen LogP contribution is 2.29. The lowest BCUT2D eigenvalue weighted by molar-refractivity contribution is 0.0317. The molecule has 2 atom stereocenters. The molecule has 2 rings (SSSR count). The molecule has 1 aliphatic rings. The van der Waals surface area contributed by atoms with Crippen molar-refractivity contribution in [3.05, 3.63) is 33.3 Å². The number of nitrogens with one attached hydrogen (secondary N) is 1. The molecule has 0 radical (unpaired) electrons. The summed E-state index contributed by atoms with van der Waals surface area (Å²) in [5.41, 5.74) is 1.41. The van der Waals surface area contributed by atoms with Crippen molar-refractivity contribution >= 4 is 27.5 Å². The van der Waals surface area contributed by atoms with Gasteiger partial charge in [0, 0.05) is 40.7 Å². The second-order valence-electron chi connectivity index (χ2n) is 6.70. The summed E-state index contributed by atoms with van der Waals surface area (Å²) >= 11 is 9.89. The van der Waals surface area contributed by atoms with Gasteiger partial charge in [0.05, 0.1) is 0 Å². The maximum atomic E-state index is 6.41. The van der Waals surface area contributed by atoms with E-state index in [4.69, 9.17) is 11.6 Å². The van der Waals surface area contributed by atoms with Crippen molar-refractivity contribution in [2.24, 2.45) is 5.92 Å². The first-order valence-corrected chi connectivity index (χ1v) is 8.95. The zero-order chi connectivity index (χ0) is 15.6. The van der Waals surface area contributed by atoms with E-state index in [1.54, 1.807) is 0 Å². The Morgan fingerprint density at radius 3 is 2.76 bits per heavy atom. The van der Waals surface area contributed by atoms with Crippen LogP contribution in [0, 0.1) is 5.92 Å². The molecule has 1 aromatic rings. The second kappa shape index (κ2) is 6.99. The summed E-state index contributed by atoms with van der Waals surface area (Å²) in [5.74, 6) is 0.647. The summed E-state index contributed by atoms with van der Waals surface area (Å²) < 4.78 is 1.04. The van der Waals surface area contributed by atoms with Crippen LogP contribution in [0.15, 0.2) is 22.7 Å². The molecule has 118 valence electrons. The monoisotopic (exact) mass is 372 g/mol. The molecule has 0 aromatic heterocycles. The minimum Gasteiger partial charge on any atom is -0.311 e. The Kier molecular flexibility index (Phi) is 5.75. The van der Waals surface area contributed by atoms with E-state index in [1.807, 2.05) is 6.07 Å². The maximum absolute atomic E-state index is 6.41. The summed E-state index contributed by atoms with van der Waals surface area (Å²) in [6, 6.07) is 6.75. The molecule has 1 fully saturated rings. The molecule has 0 amide bonds. The van der Waals surface area contributed by atoms with Crippen LogP contribution in [0.25, 0.3) is 0 Å². The molecular weight excluding hydrogens is 348 g/mol. The normalized spacial score (nSPS) is 27.3. The fourth-order valence-corrected chi connectivity index (χ4v) is 3.62. The molecule has 0 aliphatic carbocycles. The second-order valence-corrected chi connectivity index (χ2v) is 8.02. The van der Waals surface area contributed by atoms with E-state index in [9.17, 15) is 0 Å². The number of nitrogens with zero attached hydrogens (tertiary/aromatic N) is 1. The van der Waals surface area contributed by atoms with Gasteiger partial charge in [0.25, 0.3) is 0 Å². The Bertz CT molecular complexity index is 492. The Morgan fingerprint density at radius 2 is 2.19 bits per heavy atom. The van der Waals surface area contributed by atoms with Crippen molar-refractivity contribution in [3.8, 4) is 0 Å². The average Bonchev–Trinajstić information content (AvgIpc) is 2.43. The van der Waals surface area contributed by atoms with Gasteiger partial charge in [0.1, 0.15) is 0 Å². The molecule has 2 nitrogen and oxygen atoms in total. The quantitative estimate of drug-likeness (QED) is 0.823. The van der Waals surface area contributed by atoms with E-state index in [-0.39, 0.29) is 5.54 Å². The van der Waals surface area contributed by atoms with Crippen LogP contribution in [0.1, 0.15) is 39.7 Å². The van der Waals surface area contributed by atoms with Crippen molar-refractivity contribution < 1.29 is 0 Å². The van der Waals surface area contributed by atoms with Crippen molar-refractivity contribution in [1.29, 1.82) is 0 Å². The Balaban J connectivity index is 2.20. The highest BCUT2D eigenvalue weighted by molar-refractivity contribution is 9.10. The molecule has 1 saturated heterocycles. The van der Waals surface area contributed by atoms with Gasteiger partial charge in [-0.05, 0) is 37.0 Å². The summed E-state index contributed by atoms with van der Waals surface area (Å²) in [6.07, 6.45) is 1.14. The number of rotatable bonds is 4. The fraction of sp³-hybridized carbons (Fsp3) is 0.647. The third-order valence-corrected chi connectivity index (χ3v) is 5.71. The minimum absolute atomic E-state index is 0.196. The third kappa shape index (κ3) is 4.01. The topological polar surface area (TPSA) is 15.3 Å². The summed E-state index contributed by atoms with van der Waals surface area (Å²) in [5, 5.41) is 4.57. The molecular formula is C17H26BrClN2. The van der Waals surface area contributed by atoms with Crippen LogP contribution < -0.4 is 5.32 Å². The SMILES string of the molecule is CCC1(C)CNC(C(C)C)CN1Cc1ccc(Br)cc1Cl. The fourth-order valence-electron chi connectivity index (χ4n) is 2.89. The molecule has 0 spiro atoms. The van der Waals surface area contributed by atoms with Crippen LogP contribution in [-0.4, -0.2) is 29.6 Å². The highest BCUT2D eigenvalue weighted by atomic mass is 79.9. The first-order valence-electron chi connectivity index (χ1n) is 7.78. The summed E-state index contributed by atoms with van der Waals surface area (Å²) in [4.78, 5) is 2.60. The van der Waals surface area contributed by atoms with E-state index in [2.05, 4.69) is 66.0 Å². The van der Waals surface area contributed by atoms with Gasteiger partial charge < -0.3 is 5.32 Å². The molecule has 2 unspecified atom stereocenters. The van der Waals surface area contributed by atoms with Crippen LogP contribution in [0.2, 0.25) is 5.02 Å². The van der Waals surface area contributed by atoms with Crippen molar-refractivity contribution in [2.75, 3.05) is 13.1 Å². The van der Waals surface area contributed by atoms with Crippen LogP contribution >= 0.6 is 27.5 Å². The number of hydrogen-bond donors (Lipinski definition) is 1. The Hall–Kier alpha value is -0.0900. The lowest BCUT2D eigenvalue weighted by atomic mass is 9.89. The van der Waals surface area contributed by atoms with Gasteiger partial charge >= 0.3 is 0 Å². The molecule has 1 aliphatic heterocycles. The Morgan fingerprint density at radius 1 is 1.48 bits per heavy atom. The third-order valence-electron chi connectivity index (χ3n) is 4.87. The zero-order valence-corrected chi connectivity index (χ0v) is 15.8. The van der Waals surface area contributed by atoms with E-state index >= 15 is 0 Å². The Labute approximate surface area is 142 Å². The summed E-state index contributed by atoms with van der Waals surface area (Å²) in [6.45, 7) is 12.2. The van der Waals surface area contributed by atoms with E-state index in [0.717, 1.165) is 35.6 Å². The molecule has 1 aromatic carbocycles. The van der Waals surface area contributed by atoms with Gasteiger partial charge in [-0.2, -0.15) is 0 Å². The standard InChI is InChI=1S/C17H26BrClN2/c1-5-17(4)11-20-16(12(2)3)10-21(17)9-13-6-7-14(18)8-15(13)19/h6-8,12,16,20H,5,9-11H2,1-4H3. The van der Waals surface area contributed by atoms with Gasteiger partial charge in [0.2, 0.25) is 0 Å². The van der Waals surface area contributed by atoms with E-state index in [0.29, 0.717) is 12.0 Å². The average molecular weight is 374 g/mol. The molecule has 0 saturated carbocycles. The lowest BCUT2D eigenvalue weighted by Gasteiger charge is -2.49. The van der Waals surface area contributed by atoms with Crippen LogP contribution in [0.3, 0.4) is 0 Å². The molecule has 1 N–H and O–H groups in total. The van der Waals surface area contributed by atoms with Crippen LogP contribution in [0.4, 0.5) is 0 Å². The predicted molar refractivity (Wildman–Crippen MR) is 94.9 cm³/mol. The van der Waals surface area contributed by atoms with Gasteiger partial charge in [0.15, 0.2) is 0 Å². The highest BCUT2D eigenvalue weighted by Gasteiger charge is 2.37. The van der Waals surface area contributed by atoms with Crippen molar-refractivity contribution in [1.82, 2.24) is 10.2 Å². The molecule has 21 heavy (non-hydrogen) atoms. The summed E-state index contributed by atoms with van der Waals surface area (Å²) in [7, 11) is 0. The van der Waals surface area contributed by atoms with Crippen LogP contribution in [0.5, 0.6) is 0 Å². The van der Waals surface area contributed by atoms with E-state index in [1.165, 1.54) is 5.56 Å². The van der Waals surface area contributed by atoms with E-state index < -0.39 is 0 Å². The van der Waals surface area contributed by atoms with Crippen molar-refractivity contribution in [2.45, 2.75) is 52.2 Å². The smallest absolute Gasteiger partial charge is 0.0462 e. The lowest BCUT2D eigenvalue weighted by Crippen LogP contribution is -2.63. The predicted octanol–water partition coefficient (Wildman–Crippen LogP) is 4.70. The van der Waals surface area contributed by atoms with Crippen molar-refractivity contribution in [3.63, 3.8) is 0 Å². The molecule has 0 bridgehead atoms. The number of piperazine rings is 1. The zero-order valence-electron chi connectivity index (χ0n) is 13.4. The molecule has 4 heteroatoms. The van der Waals surface area contributed by atoms with Gasteiger partial charge in [-0.25, -0.2) is 0 Å². The number of benzene rings is 1. The first kappa shape index (κ1) is 17.3.